The summed E-state index contributed by atoms with van der Waals surface area (Å²) in [4.78, 5) is -0.884. The van der Waals surface area contributed by atoms with Crippen molar-refractivity contribution in [1.82, 2.24) is 14.1 Å². The molecule has 1 aliphatic rings. The van der Waals surface area contributed by atoms with E-state index in [0.29, 0.717) is 0 Å². The molecule has 0 aliphatic carbocycles. The number of alkyl halides is 4. The fraction of sp³-hybridized carbons (Fsp3) is 0.700. The average molecular weight is 315 g/mol. The number of rotatable bonds is 2. The van der Waals surface area contributed by atoms with Crippen molar-refractivity contribution >= 4 is 10.0 Å². The van der Waals surface area contributed by atoms with Gasteiger partial charge in [-0.3, -0.25) is 4.68 Å². The normalized spacial score (nSPS) is 19.4. The van der Waals surface area contributed by atoms with Gasteiger partial charge in [0.05, 0.1) is 0 Å². The lowest BCUT2D eigenvalue weighted by Gasteiger charge is -2.27. The number of sulfonamides is 1. The number of hydrogen-bond acceptors (Lipinski definition) is 3. The second kappa shape index (κ2) is 4.99. The zero-order valence-corrected chi connectivity index (χ0v) is 11.4. The van der Waals surface area contributed by atoms with Crippen LogP contribution in [0.1, 0.15) is 18.5 Å². The van der Waals surface area contributed by atoms with E-state index >= 15 is 0 Å². The summed E-state index contributed by atoms with van der Waals surface area (Å²) in [5.41, 5.74) is -1.44. The predicted octanol–water partition coefficient (Wildman–Crippen LogP) is 1.56. The number of aromatic nitrogens is 2. The second-order valence-corrected chi connectivity index (χ2v) is 6.50. The smallest absolute Gasteiger partial charge is 0.274 e. The summed E-state index contributed by atoms with van der Waals surface area (Å²) in [6, 6.07) is 0. The molecular weight excluding hydrogens is 302 g/mol. The third kappa shape index (κ3) is 2.80. The maximum atomic E-state index is 13.0. The summed E-state index contributed by atoms with van der Waals surface area (Å²) in [6.45, 7) is -0.259. The van der Waals surface area contributed by atoms with Crippen LogP contribution in [0.5, 0.6) is 0 Å². The van der Waals surface area contributed by atoms with Crippen molar-refractivity contribution in [3.8, 4) is 0 Å². The third-order valence-electron chi connectivity index (χ3n) is 3.07. The van der Waals surface area contributed by atoms with Gasteiger partial charge in [0.15, 0.2) is 5.69 Å². The van der Waals surface area contributed by atoms with Crippen molar-refractivity contribution in [2.45, 2.75) is 30.1 Å². The van der Waals surface area contributed by atoms with E-state index in [9.17, 15) is 26.0 Å². The molecule has 0 N–H and O–H groups in total. The Hall–Kier alpha value is -1.16. The molecule has 0 radical (unpaired) electrons. The highest BCUT2D eigenvalue weighted by Gasteiger charge is 2.43. The van der Waals surface area contributed by atoms with Crippen molar-refractivity contribution < 1.29 is 26.0 Å². The number of hydrogen-bond donors (Lipinski definition) is 0. The first-order valence-electron chi connectivity index (χ1n) is 5.87. The van der Waals surface area contributed by atoms with Gasteiger partial charge >= 0.3 is 6.18 Å². The first-order valence-corrected chi connectivity index (χ1v) is 7.31. The van der Waals surface area contributed by atoms with E-state index in [1.165, 1.54) is 7.05 Å². The van der Waals surface area contributed by atoms with Crippen LogP contribution in [-0.2, 0) is 23.2 Å². The number of nitrogens with zero attached hydrogens (tertiary/aromatic N) is 3. The van der Waals surface area contributed by atoms with Crippen LogP contribution in [0.3, 0.4) is 0 Å². The van der Waals surface area contributed by atoms with Gasteiger partial charge in [-0.05, 0) is 12.8 Å². The van der Waals surface area contributed by atoms with Crippen LogP contribution in [0.25, 0.3) is 0 Å². The van der Waals surface area contributed by atoms with Crippen molar-refractivity contribution in [2.24, 2.45) is 7.05 Å². The summed E-state index contributed by atoms with van der Waals surface area (Å²) in [5, 5.41) is 3.17. The first kappa shape index (κ1) is 15.2. The van der Waals surface area contributed by atoms with Gasteiger partial charge in [0.2, 0.25) is 10.0 Å². The lowest BCUT2D eigenvalue weighted by Crippen LogP contribution is -2.39. The van der Waals surface area contributed by atoms with Gasteiger partial charge in [0.1, 0.15) is 11.1 Å². The molecule has 1 aromatic heterocycles. The largest absolute Gasteiger partial charge is 0.436 e. The van der Waals surface area contributed by atoms with Crippen LogP contribution < -0.4 is 0 Å². The van der Waals surface area contributed by atoms with Crippen LogP contribution in [0, 0.1) is 0 Å². The van der Waals surface area contributed by atoms with E-state index in [4.69, 9.17) is 0 Å². The summed E-state index contributed by atoms with van der Waals surface area (Å²) in [5.74, 6) is 0. The van der Waals surface area contributed by atoms with E-state index in [0.717, 1.165) is 15.2 Å². The summed E-state index contributed by atoms with van der Waals surface area (Å²) in [7, 11) is -3.10. The Morgan fingerprint density at radius 1 is 1.30 bits per heavy atom. The molecule has 1 fully saturated rings. The van der Waals surface area contributed by atoms with Crippen molar-refractivity contribution in [1.29, 1.82) is 0 Å². The fourth-order valence-corrected chi connectivity index (χ4v) is 3.71. The maximum absolute atomic E-state index is 13.0. The van der Waals surface area contributed by atoms with E-state index in [-0.39, 0.29) is 25.9 Å². The number of halogens is 4. The van der Waals surface area contributed by atoms with E-state index < -0.39 is 33.0 Å². The van der Waals surface area contributed by atoms with Crippen LogP contribution in [-0.4, -0.2) is 41.8 Å². The molecule has 0 spiro atoms. The van der Waals surface area contributed by atoms with E-state index in [1.807, 2.05) is 0 Å². The Morgan fingerprint density at radius 2 is 1.85 bits per heavy atom. The Morgan fingerprint density at radius 3 is 2.35 bits per heavy atom. The Kier molecular flexibility index (Phi) is 3.80. The van der Waals surface area contributed by atoms with Crippen molar-refractivity contribution in [2.75, 3.05) is 13.1 Å². The van der Waals surface area contributed by atoms with Gasteiger partial charge in [-0.25, -0.2) is 12.8 Å². The topological polar surface area (TPSA) is 55.2 Å². The predicted molar refractivity (Wildman–Crippen MR) is 61.1 cm³/mol. The Bertz CT molecular complexity index is 588. The monoisotopic (exact) mass is 315 g/mol. The van der Waals surface area contributed by atoms with E-state index in [1.54, 1.807) is 0 Å². The van der Waals surface area contributed by atoms with Gasteiger partial charge < -0.3 is 0 Å². The molecule has 0 atom stereocenters. The first-order chi connectivity index (χ1) is 9.12. The van der Waals surface area contributed by atoms with Gasteiger partial charge in [-0.2, -0.15) is 22.6 Å². The molecule has 2 heterocycles. The Balaban J connectivity index is 2.40. The zero-order valence-electron chi connectivity index (χ0n) is 10.6. The quantitative estimate of drug-likeness (QED) is 0.778. The molecule has 5 nitrogen and oxygen atoms in total. The summed E-state index contributed by atoms with van der Waals surface area (Å²) in [6.07, 6.45) is -5.18. The summed E-state index contributed by atoms with van der Waals surface area (Å²) >= 11 is 0. The highest BCUT2D eigenvalue weighted by atomic mass is 32.2. The molecular formula is C10H13F4N3O2S. The molecule has 20 heavy (non-hydrogen) atoms. The highest BCUT2D eigenvalue weighted by Crippen LogP contribution is 2.34. The van der Waals surface area contributed by atoms with Crippen LogP contribution >= 0.6 is 0 Å². The van der Waals surface area contributed by atoms with Crippen molar-refractivity contribution in [3.05, 3.63) is 11.9 Å². The minimum atomic E-state index is -4.86. The Labute approximate surface area is 113 Å². The zero-order chi connectivity index (χ0) is 15.1. The SMILES string of the molecule is Cn1cc(S(=O)(=O)N2CCC(F)CC2)c(C(F)(F)F)n1. The standard InChI is InChI=1S/C10H13F4N3O2S/c1-16-6-8(9(15-16)10(12,13)14)20(18,19)17-4-2-7(11)3-5-17/h6-7H,2-5H2,1H3. The molecule has 1 aromatic rings. The minimum Gasteiger partial charge on any atom is -0.274 e. The van der Waals surface area contributed by atoms with Crippen LogP contribution in [0.2, 0.25) is 0 Å². The molecule has 1 saturated heterocycles. The molecule has 114 valence electrons. The number of piperidine rings is 1. The molecule has 0 unspecified atom stereocenters. The fourth-order valence-electron chi connectivity index (χ4n) is 2.06. The molecule has 0 amide bonds. The number of aryl methyl sites for hydroxylation is 1. The van der Waals surface area contributed by atoms with Crippen molar-refractivity contribution in [3.63, 3.8) is 0 Å². The maximum Gasteiger partial charge on any atom is 0.436 e. The average Bonchev–Trinajstić information content (AvgIpc) is 2.72. The summed E-state index contributed by atoms with van der Waals surface area (Å²) < 4.78 is 77.5. The van der Waals surface area contributed by atoms with Gasteiger partial charge in [0.25, 0.3) is 0 Å². The van der Waals surface area contributed by atoms with Gasteiger partial charge in [-0.1, -0.05) is 0 Å². The molecule has 0 bridgehead atoms. The second-order valence-electron chi connectivity index (χ2n) is 4.59. The molecule has 0 saturated carbocycles. The van der Waals surface area contributed by atoms with Gasteiger partial charge in [-0.15, -0.1) is 0 Å². The third-order valence-corrected chi connectivity index (χ3v) is 4.96. The minimum absolute atomic E-state index is 0.0131. The molecule has 1 aliphatic heterocycles. The molecule has 10 heteroatoms. The molecule has 2 rings (SSSR count). The highest BCUT2D eigenvalue weighted by molar-refractivity contribution is 7.89. The van der Waals surface area contributed by atoms with E-state index in [2.05, 4.69) is 5.10 Å². The van der Waals surface area contributed by atoms with Crippen LogP contribution in [0.15, 0.2) is 11.1 Å². The van der Waals surface area contributed by atoms with Gasteiger partial charge in [0, 0.05) is 26.3 Å². The lowest BCUT2D eigenvalue weighted by atomic mass is 10.1. The van der Waals surface area contributed by atoms with Crippen LogP contribution in [0.4, 0.5) is 17.6 Å². The lowest BCUT2D eigenvalue weighted by molar-refractivity contribution is -0.143. The molecule has 0 aromatic carbocycles.